The molecule has 0 N–H and O–H groups in total. The first kappa shape index (κ1) is 5.17. The van der Waals surface area contributed by atoms with E-state index in [1.54, 1.807) is 0 Å². The lowest BCUT2D eigenvalue weighted by molar-refractivity contribution is 0.413. The lowest BCUT2D eigenvalue weighted by Gasteiger charge is -1.62. The maximum atomic E-state index is 10.6. The van der Waals surface area contributed by atoms with Crippen LogP contribution >= 0.6 is 0 Å². The van der Waals surface area contributed by atoms with E-state index >= 15 is 0 Å². The molecule has 0 atom stereocenters. The van der Waals surface area contributed by atoms with Crippen molar-refractivity contribution in [1.82, 2.24) is 0 Å². The molecule has 0 aliphatic carbocycles. The highest BCUT2D eigenvalue weighted by atomic mass is 32.3. The second-order valence-corrected chi connectivity index (χ2v) is 1.05. The Morgan fingerprint density at radius 2 is 1.80 bits per heavy atom. The van der Waals surface area contributed by atoms with Gasteiger partial charge in [0.1, 0.15) is 14.9 Å². The summed E-state index contributed by atoms with van der Waals surface area (Å²) < 4.78 is 24.6. The quantitative estimate of drug-likeness (QED) is 0.446. The Kier molecular flexibility index (Phi) is 2.49. The van der Waals surface area contributed by atoms with Crippen LogP contribution in [0, 0.1) is 0 Å². The first-order valence-corrected chi connectivity index (χ1v) is 1.83. The van der Waals surface area contributed by atoms with Gasteiger partial charge >= 0.3 is 11.9 Å². The Balaban J connectivity index is 2.54. The Morgan fingerprint density at radius 1 is 1.60 bits per heavy atom. The number of hydrogen-bond acceptors (Lipinski definition) is 1. The molecule has 0 amide bonds. The molecule has 5 heavy (non-hydrogen) atoms. The molecule has 0 heterocycles. The van der Waals surface area contributed by atoms with Gasteiger partial charge in [-0.3, -0.25) is 0 Å². The molecule has 1 nitrogen and oxygen atoms in total. The number of hydrogen-bond donors (Lipinski definition) is 0. The van der Waals surface area contributed by atoms with E-state index in [9.17, 15) is 7.77 Å². The summed E-state index contributed by atoms with van der Waals surface area (Å²) in [6, 6.07) is 0. The van der Waals surface area contributed by atoms with Crippen molar-refractivity contribution in [3.05, 3.63) is 0 Å². The van der Waals surface area contributed by atoms with Crippen molar-refractivity contribution in [2.75, 3.05) is 7.11 Å². The Labute approximate surface area is 32.1 Å². The van der Waals surface area contributed by atoms with Gasteiger partial charge < -0.3 is 0 Å². The minimum absolute atomic E-state index is 0.961. The summed E-state index contributed by atoms with van der Waals surface area (Å²) in [5.74, 6) is 0. The van der Waals surface area contributed by atoms with Crippen molar-refractivity contribution in [1.29, 1.82) is 0 Å². The summed E-state index contributed by atoms with van der Waals surface area (Å²) in [5.41, 5.74) is 0. The molecule has 0 aliphatic rings. The monoisotopic (exact) mass is 101 g/mol. The topological polar surface area (TPSA) is 9.23 Å². The molecule has 0 aromatic carbocycles. The van der Waals surface area contributed by atoms with Crippen molar-refractivity contribution >= 4 is 11.9 Å². The smallest absolute Gasteiger partial charge is 0.103 e. The third kappa shape index (κ3) is 4.17. The van der Waals surface area contributed by atoms with E-state index in [0.717, 1.165) is 7.11 Å². The fourth-order valence-electron chi connectivity index (χ4n) is 0. The zero-order chi connectivity index (χ0) is 4.28. The predicted molar refractivity (Wildman–Crippen MR) is 16.6 cm³/mol. The summed E-state index contributed by atoms with van der Waals surface area (Å²) >= 11 is -2.82. The Bertz CT molecular complexity index is 23.6. The van der Waals surface area contributed by atoms with Gasteiger partial charge in [0.15, 0.2) is 0 Å². The second kappa shape index (κ2) is 2.41. The van der Waals surface area contributed by atoms with Crippen molar-refractivity contribution in [2.45, 2.75) is 0 Å². The van der Waals surface area contributed by atoms with Gasteiger partial charge in [0.2, 0.25) is 0 Å². The summed E-state index contributed by atoms with van der Waals surface area (Å²) in [4.78, 5) is 0. The zero-order valence-corrected chi connectivity index (χ0v) is 3.39. The SMILES string of the molecule is CO[S+](F)F. The maximum absolute atomic E-state index is 10.6. The van der Waals surface area contributed by atoms with Gasteiger partial charge in [-0.05, 0) is 0 Å². The normalized spacial score (nSPS) is 9.60. The molecule has 0 rings (SSSR count). The van der Waals surface area contributed by atoms with E-state index in [0.29, 0.717) is 0 Å². The fraction of sp³-hybridized carbons (Fsp3) is 1.00. The summed E-state index contributed by atoms with van der Waals surface area (Å²) in [6.45, 7) is 0. The molecule has 0 radical (unpaired) electrons. The van der Waals surface area contributed by atoms with Crippen molar-refractivity contribution in [3.8, 4) is 0 Å². The van der Waals surface area contributed by atoms with Gasteiger partial charge in [-0.1, -0.05) is 0 Å². The van der Waals surface area contributed by atoms with E-state index in [1.165, 1.54) is 0 Å². The van der Waals surface area contributed by atoms with Crippen LogP contribution in [0.15, 0.2) is 0 Å². The third-order valence-electron chi connectivity index (χ3n) is 0.126. The third-order valence-corrected chi connectivity index (χ3v) is 0.378. The largest absolute Gasteiger partial charge is 0.609 e. The van der Waals surface area contributed by atoms with Gasteiger partial charge in [-0.15, -0.1) is 4.18 Å². The van der Waals surface area contributed by atoms with E-state index in [-0.39, 0.29) is 0 Å². The maximum Gasteiger partial charge on any atom is 0.609 e. The average Bonchev–Trinajstić information content (AvgIpc) is 1.38. The average molecular weight is 101 g/mol. The molecule has 0 saturated carbocycles. The fourth-order valence-corrected chi connectivity index (χ4v) is 0. The van der Waals surface area contributed by atoms with E-state index in [1.807, 2.05) is 0 Å². The van der Waals surface area contributed by atoms with Crippen molar-refractivity contribution in [3.63, 3.8) is 0 Å². The highest BCUT2D eigenvalue weighted by Gasteiger charge is 2.15. The standard InChI is InChI=1S/CH3F2OS/c1-4-5(2)3/h1H3/q+1. The highest BCUT2D eigenvalue weighted by molar-refractivity contribution is 7.82. The van der Waals surface area contributed by atoms with E-state index in [4.69, 9.17) is 0 Å². The van der Waals surface area contributed by atoms with Gasteiger partial charge in [-0.2, -0.15) is 0 Å². The molecule has 0 unspecified atom stereocenters. The summed E-state index contributed by atoms with van der Waals surface area (Å²) in [5, 5.41) is 0. The van der Waals surface area contributed by atoms with Gasteiger partial charge in [-0.25, -0.2) is 0 Å². The van der Waals surface area contributed by atoms with Crippen LogP contribution < -0.4 is 0 Å². The van der Waals surface area contributed by atoms with Crippen LogP contribution in [0.1, 0.15) is 0 Å². The molecule has 0 fully saturated rings. The molecular weight excluding hydrogens is 98.1 g/mol. The van der Waals surface area contributed by atoms with E-state index in [2.05, 4.69) is 4.18 Å². The molecule has 0 aromatic heterocycles. The molecule has 0 spiro atoms. The molecule has 0 saturated heterocycles. The van der Waals surface area contributed by atoms with Gasteiger partial charge in [0.05, 0.1) is 0 Å². The van der Waals surface area contributed by atoms with Crippen LogP contribution in [-0.4, -0.2) is 7.11 Å². The molecule has 4 heteroatoms. The Hall–Kier alpha value is 0.170. The number of rotatable bonds is 1. The van der Waals surface area contributed by atoms with Crippen LogP contribution in [0.2, 0.25) is 0 Å². The first-order valence-electron chi connectivity index (χ1n) is 0.884. The van der Waals surface area contributed by atoms with Crippen LogP contribution in [0.25, 0.3) is 0 Å². The second-order valence-electron chi connectivity index (χ2n) is 0.351. The van der Waals surface area contributed by atoms with Crippen LogP contribution in [0.5, 0.6) is 0 Å². The van der Waals surface area contributed by atoms with E-state index < -0.39 is 11.9 Å². The zero-order valence-electron chi connectivity index (χ0n) is 2.57. The molecule has 0 bridgehead atoms. The van der Waals surface area contributed by atoms with Crippen LogP contribution in [0.3, 0.4) is 0 Å². The molecule has 32 valence electrons. The minimum atomic E-state index is -2.82. The lowest BCUT2D eigenvalue weighted by Crippen LogP contribution is -1.80. The van der Waals surface area contributed by atoms with Crippen molar-refractivity contribution < 1.29 is 12.0 Å². The highest BCUT2D eigenvalue weighted by Crippen LogP contribution is 1.95. The van der Waals surface area contributed by atoms with Crippen LogP contribution in [0.4, 0.5) is 7.77 Å². The minimum Gasteiger partial charge on any atom is -0.103 e. The van der Waals surface area contributed by atoms with Gasteiger partial charge in [0, 0.05) is 0 Å². The van der Waals surface area contributed by atoms with Crippen LogP contribution in [-0.2, 0) is 16.1 Å². The molecular formula is CH3F2OS+. The molecule has 0 aromatic rings. The summed E-state index contributed by atoms with van der Waals surface area (Å²) in [6.07, 6.45) is 0. The molecule has 0 aliphatic heterocycles. The predicted octanol–water partition coefficient (Wildman–Crippen LogP) is 0.935. The Morgan fingerprint density at radius 3 is 1.80 bits per heavy atom. The summed E-state index contributed by atoms with van der Waals surface area (Å²) in [7, 11) is 0.961. The first-order chi connectivity index (χ1) is 2.27. The lowest BCUT2D eigenvalue weighted by atomic mass is 11.8. The number of halogens is 2. The van der Waals surface area contributed by atoms with Gasteiger partial charge in [0.25, 0.3) is 0 Å². The van der Waals surface area contributed by atoms with Crippen molar-refractivity contribution in [2.24, 2.45) is 0 Å².